The highest BCUT2D eigenvalue weighted by Crippen LogP contribution is 2.22. The van der Waals surface area contributed by atoms with Gasteiger partial charge in [0.15, 0.2) is 0 Å². The van der Waals surface area contributed by atoms with Gasteiger partial charge >= 0.3 is 0 Å². The van der Waals surface area contributed by atoms with Crippen LogP contribution in [0.15, 0.2) is 30.3 Å². The summed E-state index contributed by atoms with van der Waals surface area (Å²) in [6.07, 6.45) is 3.46. The van der Waals surface area contributed by atoms with Gasteiger partial charge in [-0.1, -0.05) is 58.9 Å². The monoisotopic (exact) mass is 273 g/mol. The molecule has 0 spiro atoms. The van der Waals surface area contributed by atoms with Gasteiger partial charge in [0, 0.05) is 12.1 Å². The van der Waals surface area contributed by atoms with Crippen molar-refractivity contribution in [2.75, 3.05) is 0 Å². The Hall–Kier alpha value is -1.57. The number of amides is 1. The predicted octanol–water partition coefficient (Wildman–Crippen LogP) is 4.16. The molecule has 0 aliphatic carbocycles. The fraction of sp³-hybridized carbons (Fsp3) is 0.500. The number of nitrogens with one attached hydrogen (secondary N) is 1. The van der Waals surface area contributed by atoms with Gasteiger partial charge in [0.2, 0.25) is 5.91 Å². The van der Waals surface area contributed by atoms with Crippen molar-refractivity contribution in [3.63, 3.8) is 0 Å². The second-order valence-corrected chi connectivity index (χ2v) is 6.75. The zero-order chi connectivity index (χ0) is 15.3. The summed E-state index contributed by atoms with van der Waals surface area (Å²) in [5, 5.41) is 2.96. The highest BCUT2D eigenvalue weighted by molar-refractivity contribution is 5.91. The number of hydrogen-bond donors (Lipinski definition) is 1. The van der Waals surface area contributed by atoms with Crippen LogP contribution in [0.4, 0.5) is 0 Å². The lowest BCUT2D eigenvalue weighted by Gasteiger charge is -2.18. The third kappa shape index (κ3) is 5.20. The van der Waals surface area contributed by atoms with Gasteiger partial charge in [-0.25, -0.2) is 0 Å². The highest BCUT2D eigenvalue weighted by Gasteiger charge is 2.12. The molecule has 110 valence electrons. The smallest absolute Gasteiger partial charge is 0.244 e. The zero-order valence-electron chi connectivity index (χ0n) is 13.5. The molecular formula is C18H27NO. The molecule has 1 aromatic carbocycles. The van der Waals surface area contributed by atoms with E-state index in [0.717, 1.165) is 5.56 Å². The Morgan fingerprint density at radius 1 is 1.10 bits per heavy atom. The van der Waals surface area contributed by atoms with E-state index in [1.54, 1.807) is 6.08 Å². The van der Waals surface area contributed by atoms with Crippen LogP contribution in [-0.4, -0.2) is 11.9 Å². The number of rotatable bonds is 4. The first kappa shape index (κ1) is 16.5. The zero-order valence-corrected chi connectivity index (χ0v) is 13.5. The molecule has 1 unspecified atom stereocenters. The molecule has 0 aromatic heterocycles. The average molecular weight is 273 g/mol. The predicted molar refractivity (Wildman–Crippen MR) is 86.6 cm³/mol. The van der Waals surface area contributed by atoms with E-state index in [9.17, 15) is 4.79 Å². The third-order valence-corrected chi connectivity index (χ3v) is 3.57. The van der Waals surface area contributed by atoms with E-state index in [1.807, 2.05) is 13.0 Å². The number of carbonyl (C=O) groups excluding carboxylic acids is 1. The maximum absolute atomic E-state index is 11.8. The van der Waals surface area contributed by atoms with Crippen LogP contribution in [0.1, 0.15) is 52.7 Å². The molecule has 2 nitrogen and oxygen atoms in total. The number of hydrogen-bond acceptors (Lipinski definition) is 1. The van der Waals surface area contributed by atoms with Gasteiger partial charge in [-0.15, -0.1) is 0 Å². The molecule has 0 radical (unpaired) electrons. The van der Waals surface area contributed by atoms with Gasteiger partial charge < -0.3 is 5.32 Å². The van der Waals surface area contributed by atoms with Gasteiger partial charge in [-0.2, -0.15) is 0 Å². The number of benzene rings is 1. The average Bonchev–Trinajstić information content (AvgIpc) is 2.35. The Bertz CT molecular complexity index is 463. The Morgan fingerprint density at radius 2 is 1.65 bits per heavy atom. The molecule has 0 heterocycles. The lowest BCUT2D eigenvalue weighted by molar-refractivity contribution is -0.117. The van der Waals surface area contributed by atoms with Gasteiger partial charge in [-0.05, 0) is 35.5 Å². The van der Waals surface area contributed by atoms with Gasteiger partial charge in [-0.3, -0.25) is 4.79 Å². The maximum Gasteiger partial charge on any atom is 0.244 e. The summed E-state index contributed by atoms with van der Waals surface area (Å²) in [5.74, 6) is 0.407. The molecule has 0 fully saturated rings. The van der Waals surface area contributed by atoms with Crippen molar-refractivity contribution in [3.8, 4) is 0 Å². The fourth-order valence-corrected chi connectivity index (χ4v) is 1.71. The lowest BCUT2D eigenvalue weighted by atomic mass is 9.87. The summed E-state index contributed by atoms with van der Waals surface area (Å²) >= 11 is 0. The van der Waals surface area contributed by atoms with Crippen LogP contribution < -0.4 is 5.32 Å². The quantitative estimate of drug-likeness (QED) is 0.820. The molecule has 1 N–H and O–H groups in total. The molecule has 0 aliphatic heterocycles. The van der Waals surface area contributed by atoms with E-state index in [0.29, 0.717) is 5.92 Å². The second-order valence-electron chi connectivity index (χ2n) is 6.75. The molecule has 2 heteroatoms. The molecule has 0 saturated carbocycles. The molecule has 0 aliphatic rings. The molecule has 0 bridgehead atoms. The molecule has 1 atom stereocenters. The van der Waals surface area contributed by atoms with Crippen LogP contribution in [0.25, 0.3) is 6.08 Å². The fourth-order valence-electron chi connectivity index (χ4n) is 1.71. The summed E-state index contributed by atoms with van der Waals surface area (Å²) in [7, 11) is 0. The van der Waals surface area contributed by atoms with Crippen molar-refractivity contribution in [1.29, 1.82) is 0 Å². The lowest BCUT2D eigenvalue weighted by Crippen LogP contribution is -2.34. The Kier molecular flexibility index (Phi) is 5.55. The highest BCUT2D eigenvalue weighted by atomic mass is 16.1. The van der Waals surface area contributed by atoms with Crippen molar-refractivity contribution in [2.45, 2.75) is 53.0 Å². The summed E-state index contributed by atoms with van der Waals surface area (Å²) in [6, 6.07) is 8.53. The Morgan fingerprint density at radius 3 is 2.10 bits per heavy atom. The van der Waals surface area contributed by atoms with Gasteiger partial charge in [0.25, 0.3) is 0 Å². The van der Waals surface area contributed by atoms with Crippen molar-refractivity contribution in [2.24, 2.45) is 5.92 Å². The molecule has 1 aromatic rings. The third-order valence-electron chi connectivity index (χ3n) is 3.57. The van der Waals surface area contributed by atoms with Crippen molar-refractivity contribution in [3.05, 3.63) is 41.5 Å². The van der Waals surface area contributed by atoms with Gasteiger partial charge in [0.05, 0.1) is 0 Å². The summed E-state index contributed by atoms with van der Waals surface area (Å²) in [5.41, 5.74) is 2.50. The van der Waals surface area contributed by atoms with Crippen LogP contribution >= 0.6 is 0 Å². The van der Waals surface area contributed by atoms with Crippen LogP contribution in [0.3, 0.4) is 0 Å². The van der Waals surface area contributed by atoms with Crippen LogP contribution in [0.5, 0.6) is 0 Å². The minimum absolute atomic E-state index is 0.0360. The molecule has 1 rings (SSSR count). The van der Waals surface area contributed by atoms with Crippen LogP contribution in [0, 0.1) is 5.92 Å². The minimum atomic E-state index is -0.0360. The summed E-state index contributed by atoms with van der Waals surface area (Å²) < 4.78 is 0. The first-order chi connectivity index (χ1) is 9.20. The molecule has 1 amide bonds. The summed E-state index contributed by atoms with van der Waals surface area (Å²) in [6.45, 7) is 12.8. The van der Waals surface area contributed by atoms with Gasteiger partial charge in [0.1, 0.15) is 0 Å². The molecule has 20 heavy (non-hydrogen) atoms. The van der Waals surface area contributed by atoms with Crippen molar-refractivity contribution >= 4 is 12.0 Å². The Balaban J connectivity index is 2.65. The van der Waals surface area contributed by atoms with E-state index in [2.05, 4.69) is 64.2 Å². The first-order valence-electron chi connectivity index (χ1n) is 7.29. The van der Waals surface area contributed by atoms with Crippen LogP contribution in [0.2, 0.25) is 0 Å². The van der Waals surface area contributed by atoms with Crippen LogP contribution in [-0.2, 0) is 10.2 Å². The second kappa shape index (κ2) is 6.74. The standard InChI is InChI=1S/C18H27NO/c1-13(2)14(3)19-17(20)12-9-15-7-10-16(11-8-15)18(4,5)6/h7-14H,1-6H3,(H,19,20)/b12-9+. The normalized spacial score (nSPS) is 13.8. The maximum atomic E-state index is 11.8. The molecular weight excluding hydrogens is 246 g/mol. The van der Waals surface area contributed by atoms with Crippen molar-refractivity contribution < 1.29 is 4.79 Å². The van der Waals surface area contributed by atoms with E-state index >= 15 is 0 Å². The van der Waals surface area contributed by atoms with E-state index in [1.165, 1.54) is 5.56 Å². The molecule has 0 saturated heterocycles. The summed E-state index contributed by atoms with van der Waals surface area (Å²) in [4.78, 5) is 11.8. The SMILES string of the molecule is CC(C)C(C)NC(=O)/C=C/c1ccc(C(C)(C)C)cc1. The minimum Gasteiger partial charge on any atom is -0.350 e. The first-order valence-corrected chi connectivity index (χ1v) is 7.29. The largest absolute Gasteiger partial charge is 0.350 e. The topological polar surface area (TPSA) is 29.1 Å². The van der Waals surface area contributed by atoms with Crippen molar-refractivity contribution in [1.82, 2.24) is 5.32 Å². The van der Waals surface area contributed by atoms with E-state index in [-0.39, 0.29) is 17.4 Å². The number of carbonyl (C=O) groups is 1. The van der Waals surface area contributed by atoms with E-state index < -0.39 is 0 Å². The van der Waals surface area contributed by atoms with E-state index in [4.69, 9.17) is 0 Å². The Labute approximate surface area is 123 Å².